The summed E-state index contributed by atoms with van der Waals surface area (Å²) in [5.41, 5.74) is 6.30. The second kappa shape index (κ2) is 6.84. The molecule has 0 aliphatic rings. The van der Waals surface area contributed by atoms with Crippen molar-refractivity contribution in [2.75, 3.05) is 11.3 Å². The molecule has 0 radical (unpaired) electrons. The van der Waals surface area contributed by atoms with Crippen molar-refractivity contribution in [1.29, 1.82) is 0 Å². The first-order valence-electron chi connectivity index (χ1n) is 6.44. The molecule has 4 N–H and O–H groups in total. The van der Waals surface area contributed by atoms with Crippen LogP contribution in [0.5, 0.6) is 0 Å². The first-order chi connectivity index (χ1) is 9.89. The Bertz CT molecular complexity index is 691. The highest BCUT2D eigenvalue weighted by molar-refractivity contribution is 7.91. The third kappa shape index (κ3) is 4.75. The maximum absolute atomic E-state index is 11.8. The third-order valence-corrected chi connectivity index (χ3v) is 5.72. The molecule has 0 bridgehead atoms. The zero-order chi connectivity index (χ0) is 15.5. The van der Waals surface area contributed by atoms with E-state index in [1.807, 2.05) is 17.5 Å². The van der Waals surface area contributed by atoms with Crippen LogP contribution in [0.2, 0.25) is 0 Å². The number of hydrogen-bond acceptors (Lipinski definition) is 6. The topological polar surface area (TPSA) is 97.1 Å². The Morgan fingerprint density at radius 3 is 2.81 bits per heavy atom. The minimum absolute atomic E-state index is 0.168. The highest BCUT2D eigenvalue weighted by Gasteiger charge is 2.14. The van der Waals surface area contributed by atoms with Gasteiger partial charge in [-0.15, -0.1) is 22.7 Å². The van der Waals surface area contributed by atoms with Crippen molar-refractivity contribution in [3.8, 4) is 10.6 Å². The molecule has 0 saturated heterocycles. The number of rotatable bonds is 7. The van der Waals surface area contributed by atoms with Gasteiger partial charge in [0.25, 0.3) is 0 Å². The number of nitrogens with one attached hydrogen (secondary N) is 2. The summed E-state index contributed by atoms with van der Waals surface area (Å²) in [5, 5.41) is 2.19. The Morgan fingerprint density at radius 2 is 2.14 bits per heavy atom. The van der Waals surface area contributed by atoms with E-state index in [0.717, 1.165) is 17.0 Å². The second-order valence-electron chi connectivity index (χ2n) is 4.72. The minimum Gasteiger partial charge on any atom is -0.330 e. The van der Waals surface area contributed by atoms with Gasteiger partial charge in [0.05, 0.1) is 10.6 Å². The van der Waals surface area contributed by atoms with Gasteiger partial charge in [-0.05, 0) is 38.9 Å². The molecule has 0 amide bonds. The lowest BCUT2D eigenvalue weighted by Crippen LogP contribution is -2.35. The third-order valence-electron chi connectivity index (χ3n) is 2.42. The smallest absolute Gasteiger partial charge is 0.301 e. The summed E-state index contributed by atoms with van der Waals surface area (Å²) in [7, 11) is -3.57. The number of aromatic nitrogens is 1. The van der Waals surface area contributed by atoms with E-state index in [9.17, 15) is 8.42 Å². The van der Waals surface area contributed by atoms with E-state index in [0.29, 0.717) is 11.7 Å². The molecule has 2 rings (SSSR count). The molecule has 2 aromatic heterocycles. The molecule has 116 valence electrons. The maximum atomic E-state index is 11.8. The van der Waals surface area contributed by atoms with E-state index in [-0.39, 0.29) is 6.04 Å². The van der Waals surface area contributed by atoms with Crippen molar-refractivity contribution in [1.82, 2.24) is 9.71 Å². The molecule has 0 atom stereocenters. The van der Waals surface area contributed by atoms with Crippen molar-refractivity contribution in [2.45, 2.75) is 26.3 Å². The van der Waals surface area contributed by atoms with Crippen LogP contribution in [0.3, 0.4) is 0 Å². The van der Waals surface area contributed by atoms with Gasteiger partial charge in [0.2, 0.25) is 0 Å². The summed E-state index contributed by atoms with van der Waals surface area (Å²) in [4.78, 5) is 6.52. The zero-order valence-electron chi connectivity index (χ0n) is 11.8. The summed E-state index contributed by atoms with van der Waals surface area (Å²) >= 11 is 2.89. The Hall–Kier alpha value is -1.00. The molecule has 0 aliphatic heterocycles. The van der Waals surface area contributed by atoms with Crippen LogP contribution in [0.1, 0.15) is 18.7 Å². The van der Waals surface area contributed by atoms with Gasteiger partial charge in [-0.1, -0.05) is 0 Å². The predicted octanol–water partition coefficient (Wildman–Crippen LogP) is 2.03. The van der Waals surface area contributed by atoms with E-state index in [2.05, 4.69) is 14.4 Å². The quantitative estimate of drug-likeness (QED) is 0.714. The molecule has 6 nitrogen and oxygen atoms in total. The van der Waals surface area contributed by atoms with Crippen LogP contribution < -0.4 is 15.2 Å². The first-order valence-corrected chi connectivity index (χ1v) is 9.62. The average molecular weight is 347 g/mol. The molecule has 0 spiro atoms. The first kappa shape index (κ1) is 16.4. The fraction of sp³-hybridized carbons (Fsp3) is 0.417. The highest BCUT2D eigenvalue weighted by atomic mass is 32.2. The normalized spacial score (nSPS) is 12.0. The van der Waals surface area contributed by atoms with Gasteiger partial charge >= 0.3 is 10.2 Å². The Balaban J connectivity index is 2.10. The maximum Gasteiger partial charge on any atom is 0.301 e. The molecule has 2 aromatic rings. The van der Waals surface area contributed by atoms with Crippen molar-refractivity contribution in [3.05, 3.63) is 22.4 Å². The van der Waals surface area contributed by atoms with Crippen LogP contribution in [-0.4, -0.2) is 26.0 Å². The van der Waals surface area contributed by atoms with Crippen LogP contribution in [0.25, 0.3) is 10.6 Å². The average Bonchev–Trinajstić information content (AvgIpc) is 2.96. The zero-order valence-corrected chi connectivity index (χ0v) is 14.2. The van der Waals surface area contributed by atoms with Gasteiger partial charge < -0.3 is 5.73 Å². The van der Waals surface area contributed by atoms with E-state index in [1.54, 1.807) is 25.2 Å². The van der Waals surface area contributed by atoms with Crippen LogP contribution >= 0.6 is 22.7 Å². The van der Waals surface area contributed by atoms with E-state index >= 15 is 0 Å². The van der Waals surface area contributed by atoms with Crippen LogP contribution in [0, 0.1) is 0 Å². The molecule has 0 aliphatic carbocycles. The van der Waals surface area contributed by atoms with Gasteiger partial charge in [-0.25, -0.2) is 9.71 Å². The Morgan fingerprint density at radius 1 is 1.38 bits per heavy atom. The van der Waals surface area contributed by atoms with E-state index < -0.39 is 10.2 Å². The van der Waals surface area contributed by atoms with Crippen molar-refractivity contribution >= 4 is 38.0 Å². The molecule has 0 saturated carbocycles. The number of thiophene rings is 1. The molecular formula is C12H18N4O2S3. The molecule has 0 fully saturated rings. The van der Waals surface area contributed by atoms with Crippen molar-refractivity contribution in [3.63, 3.8) is 0 Å². The standard InChI is InChI=1S/C12H18N4O2S3/c1-8(2)15-21(17,18)16-12-14-10(7-19-12)11-4-3-9(20-11)5-6-13/h3-4,7-8,15H,5-6,13H2,1-2H3,(H,14,16). The fourth-order valence-corrected chi connectivity index (χ4v) is 4.77. The monoisotopic (exact) mass is 346 g/mol. The molecular weight excluding hydrogens is 328 g/mol. The summed E-state index contributed by atoms with van der Waals surface area (Å²) < 4.78 is 28.4. The summed E-state index contributed by atoms with van der Waals surface area (Å²) in [5.74, 6) is 0. The predicted molar refractivity (Wildman–Crippen MR) is 89.0 cm³/mol. The summed E-state index contributed by atoms with van der Waals surface area (Å²) in [6.07, 6.45) is 0.840. The van der Waals surface area contributed by atoms with Crippen LogP contribution in [0.4, 0.5) is 5.13 Å². The Kier molecular flexibility index (Phi) is 5.33. The number of nitrogens with zero attached hydrogens (tertiary/aromatic N) is 1. The van der Waals surface area contributed by atoms with Gasteiger partial charge in [-0.2, -0.15) is 13.1 Å². The van der Waals surface area contributed by atoms with Crippen molar-refractivity contribution < 1.29 is 8.42 Å². The molecule has 21 heavy (non-hydrogen) atoms. The van der Waals surface area contributed by atoms with Gasteiger partial charge in [0, 0.05) is 16.3 Å². The SMILES string of the molecule is CC(C)NS(=O)(=O)Nc1nc(-c2ccc(CCN)s2)cs1. The lowest BCUT2D eigenvalue weighted by molar-refractivity contribution is 0.575. The van der Waals surface area contributed by atoms with Crippen LogP contribution in [0.15, 0.2) is 17.5 Å². The van der Waals surface area contributed by atoms with Crippen molar-refractivity contribution in [2.24, 2.45) is 5.73 Å². The lowest BCUT2D eigenvalue weighted by Gasteiger charge is -2.09. The molecule has 0 aromatic carbocycles. The number of hydrogen-bond donors (Lipinski definition) is 3. The molecule has 0 unspecified atom stereocenters. The summed E-state index contributed by atoms with van der Waals surface area (Å²) in [6, 6.07) is 3.84. The van der Waals surface area contributed by atoms with Gasteiger partial charge in [0.1, 0.15) is 0 Å². The second-order valence-corrected chi connectivity index (χ2v) is 8.19. The molecule has 2 heterocycles. The fourth-order valence-electron chi connectivity index (χ4n) is 1.68. The Labute approximate surface area is 132 Å². The number of nitrogens with two attached hydrogens (primary N) is 1. The minimum atomic E-state index is -3.57. The number of anilines is 1. The lowest BCUT2D eigenvalue weighted by atomic mass is 10.3. The van der Waals surface area contributed by atoms with Gasteiger partial charge in [-0.3, -0.25) is 0 Å². The number of thiazole rings is 1. The highest BCUT2D eigenvalue weighted by Crippen LogP contribution is 2.31. The summed E-state index contributed by atoms with van der Waals surface area (Å²) in [6.45, 7) is 4.14. The largest absolute Gasteiger partial charge is 0.330 e. The van der Waals surface area contributed by atoms with Crippen LogP contribution in [-0.2, 0) is 16.6 Å². The van der Waals surface area contributed by atoms with Gasteiger partial charge in [0.15, 0.2) is 5.13 Å². The van der Waals surface area contributed by atoms with E-state index in [1.165, 1.54) is 16.2 Å². The molecule has 9 heteroatoms. The van der Waals surface area contributed by atoms with E-state index in [4.69, 9.17) is 5.73 Å².